The monoisotopic (exact) mass is 380 g/mol. The summed E-state index contributed by atoms with van der Waals surface area (Å²) in [4.78, 5) is 14.4. The molecule has 1 N–H and O–H groups in total. The SMILES string of the molecule is C[C@@H](C(=O)Nc1cc(Cl)cc(Cl)c1)N(C)Cc1ccc2c(c1)OCO2. The quantitative estimate of drug-likeness (QED) is 0.844. The first-order valence-electron chi connectivity index (χ1n) is 7.78. The Labute approximate surface area is 156 Å². The summed E-state index contributed by atoms with van der Waals surface area (Å²) in [6.45, 7) is 2.69. The summed E-state index contributed by atoms with van der Waals surface area (Å²) in [7, 11) is 1.89. The highest BCUT2D eigenvalue weighted by Crippen LogP contribution is 2.32. The summed E-state index contributed by atoms with van der Waals surface area (Å²) in [5.74, 6) is 1.34. The van der Waals surface area contributed by atoms with E-state index in [1.807, 2.05) is 37.1 Å². The molecule has 0 fully saturated rings. The minimum absolute atomic E-state index is 0.137. The first-order chi connectivity index (χ1) is 11.9. The molecule has 1 aliphatic rings. The van der Waals surface area contributed by atoms with E-state index < -0.39 is 0 Å². The van der Waals surface area contributed by atoms with E-state index >= 15 is 0 Å². The molecule has 1 aliphatic heterocycles. The van der Waals surface area contributed by atoms with Gasteiger partial charge < -0.3 is 14.8 Å². The van der Waals surface area contributed by atoms with Gasteiger partial charge in [0.25, 0.3) is 0 Å². The zero-order valence-corrected chi connectivity index (χ0v) is 15.4. The molecular formula is C18H18Cl2N2O3. The number of ether oxygens (including phenoxy) is 2. The molecule has 1 amide bonds. The minimum Gasteiger partial charge on any atom is -0.454 e. The lowest BCUT2D eigenvalue weighted by molar-refractivity contribution is -0.120. The highest BCUT2D eigenvalue weighted by molar-refractivity contribution is 6.35. The van der Waals surface area contributed by atoms with Crippen LogP contribution in [-0.2, 0) is 11.3 Å². The van der Waals surface area contributed by atoms with Crippen LogP contribution in [0.2, 0.25) is 10.0 Å². The van der Waals surface area contributed by atoms with E-state index in [1.54, 1.807) is 18.2 Å². The van der Waals surface area contributed by atoms with E-state index in [9.17, 15) is 4.79 Å². The summed E-state index contributed by atoms with van der Waals surface area (Å²) >= 11 is 11.9. The maximum absolute atomic E-state index is 12.5. The van der Waals surface area contributed by atoms with Crippen LogP contribution in [0.3, 0.4) is 0 Å². The van der Waals surface area contributed by atoms with Gasteiger partial charge in [-0.15, -0.1) is 0 Å². The maximum Gasteiger partial charge on any atom is 0.241 e. The van der Waals surface area contributed by atoms with Gasteiger partial charge in [-0.3, -0.25) is 9.69 Å². The Morgan fingerprint density at radius 3 is 2.56 bits per heavy atom. The van der Waals surface area contributed by atoms with Crippen molar-refractivity contribution in [3.05, 3.63) is 52.0 Å². The van der Waals surface area contributed by atoms with Gasteiger partial charge in [-0.2, -0.15) is 0 Å². The van der Waals surface area contributed by atoms with Gasteiger partial charge in [0.2, 0.25) is 12.7 Å². The van der Waals surface area contributed by atoms with Crippen LogP contribution >= 0.6 is 23.2 Å². The molecule has 0 saturated heterocycles. The fourth-order valence-corrected chi connectivity index (χ4v) is 3.06. The molecule has 132 valence electrons. The zero-order chi connectivity index (χ0) is 18.0. The van der Waals surface area contributed by atoms with Gasteiger partial charge in [-0.1, -0.05) is 29.3 Å². The van der Waals surface area contributed by atoms with Gasteiger partial charge in [-0.05, 0) is 49.9 Å². The summed E-state index contributed by atoms with van der Waals surface area (Å²) in [5, 5.41) is 3.79. The molecule has 25 heavy (non-hydrogen) atoms. The molecule has 0 unspecified atom stereocenters. The maximum atomic E-state index is 12.5. The van der Waals surface area contributed by atoms with Crippen molar-refractivity contribution in [3.63, 3.8) is 0 Å². The summed E-state index contributed by atoms with van der Waals surface area (Å²) in [5.41, 5.74) is 1.61. The van der Waals surface area contributed by atoms with Crippen LogP contribution in [0.1, 0.15) is 12.5 Å². The minimum atomic E-state index is -0.344. The molecule has 0 aliphatic carbocycles. The van der Waals surface area contributed by atoms with Crippen LogP contribution in [0.5, 0.6) is 11.5 Å². The van der Waals surface area contributed by atoms with Gasteiger partial charge in [0.15, 0.2) is 11.5 Å². The number of amides is 1. The van der Waals surface area contributed by atoms with Crippen molar-refractivity contribution in [2.75, 3.05) is 19.2 Å². The molecular weight excluding hydrogens is 363 g/mol. The third-order valence-electron chi connectivity index (χ3n) is 4.04. The Morgan fingerprint density at radius 1 is 1.16 bits per heavy atom. The van der Waals surface area contributed by atoms with Gasteiger partial charge in [0, 0.05) is 22.3 Å². The first kappa shape index (κ1) is 17.9. The standard InChI is InChI=1S/C18H18Cl2N2O3/c1-11(18(23)21-15-7-13(19)6-14(20)8-15)22(2)9-12-3-4-16-17(5-12)25-10-24-16/h3-8,11H,9-10H2,1-2H3,(H,21,23)/t11-/m0/s1. The first-order valence-corrected chi connectivity index (χ1v) is 8.53. The van der Waals surface area contributed by atoms with Gasteiger partial charge in [-0.25, -0.2) is 0 Å². The Kier molecular flexibility index (Phi) is 5.37. The number of halogens is 2. The number of nitrogens with one attached hydrogen (secondary N) is 1. The second-order valence-corrected chi connectivity index (χ2v) is 6.80. The molecule has 3 rings (SSSR count). The van der Waals surface area contributed by atoms with Crippen LogP contribution in [0.25, 0.3) is 0 Å². The topological polar surface area (TPSA) is 50.8 Å². The Morgan fingerprint density at radius 2 is 1.84 bits per heavy atom. The Bertz CT molecular complexity index is 778. The summed E-state index contributed by atoms with van der Waals surface area (Å²) in [6, 6.07) is 10.4. The highest BCUT2D eigenvalue weighted by atomic mass is 35.5. The summed E-state index contributed by atoms with van der Waals surface area (Å²) < 4.78 is 10.7. The number of rotatable bonds is 5. The third kappa shape index (κ3) is 4.37. The lowest BCUT2D eigenvalue weighted by Crippen LogP contribution is -2.39. The predicted molar refractivity (Wildman–Crippen MR) is 98.6 cm³/mol. The molecule has 1 heterocycles. The van der Waals surface area contributed by atoms with Crippen LogP contribution in [-0.4, -0.2) is 30.7 Å². The molecule has 0 radical (unpaired) electrons. The third-order valence-corrected chi connectivity index (χ3v) is 4.48. The van der Waals surface area contributed by atoms with Crippen molar-refractivity contribution in [2.24, 2.45) is 0 Å². The fraction of sp³-hybridized carbons (Fsp3) is 0.278. The molecule has 0 aromatic heterocycles. The number of hydrogen-bond donors (Lipinski definition) is 1. The van der Waals surface area contributed by atoms with E-state index in [4.69, 9.17) is 32.7 Å². The molecule has 2 aromatic carbocycles. The predicted octanol–water partition coefficient (Wildman–Crippen LogP) is 4.18. The van der Waals surface area contributed by atoms with Crippen molar-refractivity contribution in [2.45, 2.75) is 19.5 Å². The average Bonchev–Trinajstić information content (AvgIpc) is 3.00. The molecule has 7 heteroatoms. The smallest absolute Gasteiger partial charge is 0.241 e. The van der Waals surface area contributed by atoms with Crippen LogP contribution in [0.15, 0.2) is 36.4 Å². The molecule has 1 atom stereocenters. The molecule has 0 spiro atoms. The number of carbonyl (C=O) groups is 1. The van der Waals surface area contributed by atoms with E-state index in [0.29, 0.717) is 22.3 Å². The number of likely N-dealkylation sites (N-methyl/N-ethyl adjacent to an activating group) is 1. The fourth-order valence-electron chi connectivity index (χ4n) is 2.54. The van der Waals surface area contributed by atoms with Crippen molar-refractivity contribution < 1.29 is 14.3 Å². The molecule has 0 bridgehead atoms. The lowest BCUT2D eigenvalue weighted by Gasteiger charge is -2.24. The summed E-state index contributed by atoms with van der Waals surface area (Å²) in [6.07, 6.45) is 0. The Hall–Kier alpha value is -1.95. The van der Waals surface area contributed by atoms with Crippen molar-refractivity contribution in [3.8, 4) is 11.5 Å². The van der Waals surface area contributed by atoms with E-state index in [0.717, 1.165) is 17.1 Å². The van der Waals surface area contributed by atoms with Gasteiger partial charge >= 0.3 is 0 Å². The number of benzene rings is 2. The van der Waals surface area contributed by atoms with Crippen LogP contribution < -0.4 is 14.8 Å². The van der Waals surface area contributed by atoms with Crippen molar-refractivity contribution >= 4 is 34.8 Å². The van der Waals surface area contributed by atoms with E-state index in [-0.39, 0.29) is 18.7 Å². The van der Waals surface area contributed by atoms with Crippen molar-refractivity contribution in [1.82, 2.24) is 4.90 Å². The number of hydrogen-bond acceptors (Lipinski definition) is 4. The van der Waals surface area contributed by atoms with Crippen molar-refractivity contribution in [1.29, 1.82) is 0 Å². The second-order valence-electron chi connectivity index (χ2n) is 5.93. The highest BCUT2D eigenvalue weighted by Gasteiger charge is 2.20. The van der Waals surface area contributed by atoms with Gasteiger partial charge in [0.1, 0.15) is 0 Å². The van der Waals surface area contributed by atoms with Crippen LogP contribution in [0.4, 0.5) is 5.69 Å². The molecule has 0 saturated carbocycles. The normalized spacial score (nSPS) is 13.8. The Balaban J connectivity index is 1.63. The van der Waals surface area contributed by atoms with Crippen LogP contribution in [0, 0.1) is 0 Å². The number of fused-ring (bicyclic) bond motifs is 1. The molecule has 5 nitrogen and oxygen atoms in total. The number of nitrogens with zero attached hydrogens (tertiary/aromatic N) is 1. The van der Waals surface area contributed by atoms with E-state index in [2.05, 4.69) is 5.32 Å². The van der Waals surface area contributed by atoms with E-state index in [1.165, 1.54) is 0 Å². The zero-order valence-electron chi connectivity index (χ0n) is 13.9. The largest absolute Gasteiger partial charge is 0.454 e. The average molecular weight is 381 g/mol. The number of anilines is 1. The second kappa shape index (κ2) is 7.52. The number of carbonyl (C=O) groups excluding carboxylic acids is 1. The van der Waals surface area contributed by atoms with Gasteiger partial charge in [0.05, 0.1) is 6.04 Å². The molecule has 2 aromatic rings. The lowest BCUT2D eigenvalue weighted by atomic mass is 10.1.